The largest absolute Gasteiger partial charge is 0.364 e. The van der Waals surface area contributed by atoms with Gasteiger partial charge >= 0.3 is 0 Å². The summed E-state index contributed by atoms with van der Waals surface area (Å²) >= 11 is 6.12. The van der Waals surface area contributed by atoms with E-state index >= 15 is 0 Å². The van der Waals surface area contributed by atoms with Crippen molar-refractivity contribution in [2.45, 2.75) is 13.0 Å². The molecule has 0 atom stereocenters. The summed E-state index contributed by atoms with van der Waals surface area (Å²) in [6.45, 7) is 0.476. The summed E-state index contributed by atoms with van der Waals surface area (Å²) in [5.74, 6) is 0.505. The van der Waals surface area contributed by atoms with E-state index in [0.717, 1.165) is 11.4 Å². The van der Waals surface area contributed by atoms with Crippen molar-refractivity contribution in [1.29, 1.82) is 0 Å². The van der Waals surface area contributed by atoms with E-state index < -0.39 is 5.91 Å². The lowest BCUT2D eigenvalue weighted by Crippen LogP contribution is -2.19. The molecule has 164 valence electrons. The summed E-state index contributed by atoms with van der Waals surface area (Å²) in [5, 5.41) is 13.9. The first kappa shape index (κ1) is 20.7. The lowest BCUT2D eigenvalue weighted by atomic mass is 10.1. The Bertz CT molecular complexity index is 1400. The van der Waals surface area contributed by atoms with E-state index in [-0.39, 0.29) is 12.3 Å². The average Bonchev–Trinajstić information content (AvgIpc) is 3.35. The van der Waals surface area contributed by atoms with Gasteiger partial charge in [0, 0.05) is 34.1 Å². The van der Waals surface area contributed by atoms with Crippen LogP contribution in [0.4, 0.5) is 17.3 Å². The van der Waals surface area contributed by atoms with Crippen molar-refractivity contribution in [3.63, 3.8) is 0 Å². The Morgan fingerprint density at radius 2 is 2.06 bits per heavy atom. The van der Waals surface area contributed by atoms with Crippen LogP contribution in [0.1, 0.15) is 17.7 Å². The zero-order valence-corrected chi connectivity index (χ0v) is 18.0. The summed E-state index contributed by atoms with van der Waals surface area (Å²) in [6, 6.07) is 14.8. The van der Waals surface area contributed by atoms with Gasteiger partial charge in [-0.3, -0.25) is 19.9 Å². The van der Waals surface area contributed by atoms with Crippen LogP contribution in [0, 0.1) is 0 Å². The van der Waals surface area contributed by atoms with Crippen LogP contribution in [-0.2, 0) is 16.1 Å². The van der Waals surface area contributed by atoms with Gasteiger partial charge in [-0.15, -0.1) is 0 Å². The first-order valence-corrected chi connectivity index (χ1v) is 10.5. The molecule has 5 rings (SSSR count). The number of benzene rings is 1. The Morgan fingerprint density at radius 3 is 2.82 bits per heavy atom. The molecule has 0 radical (unpaired) electrons. The number of anilines is 3. The van der Waals surface area contributed by atoms with E-state index in [0.29, 0.717) is 40.0 Å². The third kappa shape index (κ3) is 4.53. The fraction of sp³-hybridized carbons (Fsp3) is 0.0870. The predicted octanol–water partition coefficient (Wildman–Crippen LogP) is 3.56. The number of imide groups is 1. The van der Waals surface area contributed by atoms with Crippen molar-refractivity contribution < 1.29 is 9.59 Å². The van der Waals surface area contributed by atoms with Crippen LogP contribution in [-0.4, -0.2) is 31.4 Å². The van der Waals surface area contributed by atoms with Gasteiger partial charge in [0.1, 0.15) is 11.6 Å². The monoisotopic (exact) mass is 459 g/mol. The van der Waals surface area contributed by atoms with Gasteiger partial charge < -0.3 is 10.6 Å². The minimum atomic E-state index is -0.402. The normalized spacial score (nSPS) is 14.6. The molecule has 1 saturated heterocycles. The van der Waals surface area contributed by atoms with Gasteiger partial charge in [0.2, 0.25) is 5.91 Å². The van der Waals surface area contributed by atoms with E-state index in [1.807, 2.05) is 36.4 Å². The number of rotatable bonds is 6. The number of carbonyl (C=O) groups is 2. The maximum Gasteiger partial charge on any atom is 0.254 e. The second kappa shape index (κ2) is 8.71. The molecule has 2 amide bonds. The highest BCUT2D eigenvalue weighted by Crippen LogP contribution is 2.25. The van der Waals surface area contributed by atoms with Crippen molar-refractivity contribution in [3.05, 3.63) is 82.8 Å². The van der Waals surface area contributed by atoms with Gasteiger partial charge in [-0.25, -0.2) is 4.98 Å². The molecule has 0 saturated carbocycles. The number of nitrogens with one attached hydrogen (secondary N) is 3. The third-order valence-corrected chi connectivity index (χ3v) is 5.23. The predicted molar refractivity (Wildman–Crippen MR) is 125 cm³/mol. The molecular formula is C23H18ClN7O2. The highest BCUT2D eigenvalue weighted by Gasteiger charge is 2.24. The number of carbonyl (C=O) groups excluding carboxylic acids is 2. The number of hydrogen-bond acceptors (Lipinski definition) is 7. The van der Waals surface area contributed by atoms with E-state index in [1.54, 1.807) is 35.1 Å². The zero-order chi connectivity index (χ0) is 22.8. The number of halogens is 1. The molecule has 10 heteroatoms. The molecule has 33 heavy (non-hydrogen) atoms. The SMILES string of the molecule is O=C1C/C(=C\c2cnn3c(NCc4ccccn4)cc(Nc4cccc(Cl)c4)nc23)C(=O)N1. The van der Waals surface area contributed by atoms with Crippen LogP contribution in [0.3, 0.4) is 0 Å². The number of nitrogens with zero attached hydrogens (tertiary/aromatic N) is 4. The fourth-order valence-electron chi connectivity index (χ4n) is 3.48. The Kier molecular flexibility index (Phi) is 5.45. The molecule has 1 aromatic carbocycles. The first-order valence-electron chi connectivity index (χ1n) is 10.1. The summed E-state index contributed by atoms with van der Waals surface area (Å²) in [5.41, 5.74) is 3.14. The van der Waals surface area contributed by atoms with Crippen LogP contribution < -0.4 is 16.0 Å². The van der Waals surface area contributed by atoms with Crippen LogP contribution in [0.2, 0.25) is 5.02 Å². The maximum absolute atomic E-state index is 12.0. The first-order chi connectivity index (χ1) is 16.0. The minimum Gasteiger partial charge on any atom is -0.364 e. The van der Waals surface area contributed by atoms with Crippen molar-refractivity contribution in [2.24, 2.45) is 0 Å². The quantitative estimate of drug-likeness (QED) is 0.298. The summed E-state index contributed by atoms with van der Waals surface area (Å²) in [7, 11) is 0. The number of amides is 2. The molecule has 1 aliphatic heterocycles. The lowest BCUT2D eigenvalue weighted by molar-refractivity contribution is -0.124. The number of pyridine rings is 1. The van der Waals surface area contributed by atoms with Crippen molar-refractivity contribution >= 4 is 52.5 Å². The van der Waals surface area contributed by atoms with Gasteiger partial charge in [-0.1, -0.05) is 23.7 Å². The van der Waals surface area contributed by atoms with Crippen molar-refractivity contribution in [1.82, 2.24) is 24.9 Å². The number of aromatic nitrogens is 4. The second-order valence-electron chi connectivity index (χ2n) is 7.40. The Hall–Kier alpha value is -4.24. The maximum atomic E-state index is 12.0. The lowest BCUT2D eigenvalue weighted by Gasteiger charge is -2.12. The highest BCUT2D eigenvalue weighted by atomic mass is 35.5. The van der Waals surface area contributed by atoms with Crippen molar-refractivity contribution in [3.8, 4) is 0 Å². The van der Waals surface area contributed by atoms with E-state index in [4.69, 9.17) is 16.6 Å². The Labute approximate surface area is 193 Å². The molecule has 0 unspecified atom stereocenters. The minimum absolute atomic E-state index is 0.0292. The average molecular weight is 460 g/mol. The molecule has 4 heterocycles. The topological polar surface area (TPSA) is 113 Å². The van der Waals surface area contributed by atoms with Crippen molar-refractivity contribution in [2.75, 3.05) is 10.6 Å². The molecular weight excluding hydrogens is 442 g/mol. The van der Waals surface area contributed by atoms with Crippen LogP contribution in [0.15, 0.2) is 66.5 Å². The second-order valence-corrected chi connectivity index (χ2v) is 7.83. The molecule has 3 N–H and O–H groups in total. The Morgan fingerprint density at radius 1 is 1.15 bits per heavy atom. The third-order valence-electron chi connectivity index (χ3n) is 5.00. The molecule has 0 bridgehead atoms. The van der Waals surface area contributed by atoms with Gasteiger partial charge in [-0.2, -0.15) is 9.61 Å². The zero-order valence-electron chi connectivity index (χ0n) is 17.2. The summed E-state index contributed by atoms with van der Waals surface area (Å²) in [6.07, 6.45) is 5.01. The molecule has 9 nitrogen and oxygen atoms in total. The van der Waals surface area contributed by atoms with E-state index in [1.165, 1.54) is 0 Å². The van der Waals surface area contributed by atoms with Gasteiger partial charge in [0.25, 0.3) is 5.91 Å². The molecule has 1 fully saturated rings. The summed E-state index contributed by atoms with van der Waals surface area (Å²) in [4.78, 5) is 32.6. The Balaban J connectivity index is 1.55. The van der Waals surface area contributed by atoms with E-state index in [2.05, 4.69) is 26.0 Å². The van der Waals surface area contributed by atoms with Crippen LogP contribution in [0.5, 0.6) is 0 Å². The molecule has 0 spiro atoms. The van der Waals surface area contributed by atoms with Gasteiger partial charge in [0.05, 0.1) is 24.9 Å². The summed E-state index contributed by atoms with van der Waals surface area (Å²) < 4.78 is 1.65. The van der Waals surface area contributed by atoms with Gasteiger partial charge in [0.15, 0.2) is 5.65 Å². The molecule has 1 aliphatic rings. The van der Waals surface area contributed by atoms with E-state index in [9.17, 15) is 9.59 Å². The van der Waals surface area contributed by atoms with Crippen LogP contribution in [0.25, 0.3) is 11.7 Å². The molecule has 3 aromatic heterocycles. The standard InChI is InChI=1S/C23H18ClN7O2/c24-16-4-3-6-17(10-16)28-19-11-20(26-13-18-5-1-2-7-25-18)31-22(29-19)15(12-27-31)8-14-9-21(32)30-23(14)33/h1-8,10-12,26H,9,13H2,(H,28,29)(H,30,32,33)/b14-8+. The highest BCUT2D eigenvalue weighted by molar-refractivity contribution is 6.30. The molecule has 4 aromatic rings. The molecule has 0 aliphatic carbocycles. The fourth-order valence-corrected chi connectivity index (χ4v) is 3.67. The smallest absolute Gasteiger partial charge is 0.254 e. The van der Waals surface area contributed by atoms with Crippen LogP contribution >= 0.6 is 11.6 Å². The van der Waals surface area contributed by atoms with Gasteiger partial charge in [-0.05, 0) is 36.4 Å². The number of hydrogen-bond donors (Lipinski definition) is 3. The number of fused-ring (bicyclic) bond motifs is 1.